The number of hydrogen-bond acceptors (Lipinski definition) is 4. The SMILES string of the molecule is Cc1cc(F)ccc1S(=O)(=O)N1C[C@@H]2[C@H](CN(C)C)[C@H]3CC[C@]2(C1)O3. The molecule has 4 atom stereocenters. The van der Waals surface area contributed by atoms with Crippen LogP contribution in [-0.4, -0.2) is 63.1 Å². The Labute approximate surface area is 148 Å². The molecule has 138 valence electrons. The summed E-state index contributed by atoms with van der Waals surface area (Å²) in [6.07, 6.45) is 2.20. The van der Waals surface area contributed by atoms with Crippen LogP contribution in [0.1, 0.15) is 18.4 Å². The van der Waals surface area contributed by atoms with E-state index in [2.05, 4.69) is 4.90 Å². The molecule has 3 fully saturated rings. The van der Waals surface area contributed by atoms with Gasteiger partial charge in [0.05, 0.1) is 16.6 Å². The number of rotatable bonds is 4. The van der Waals surface area contributed by atoms with E-state index < -0.39 is 15.8 Å². The van der Waals surface area contributed by atoms with Gasteiger partial charge in [-0.3, -0.25) is 0 Å². The van der Waals surface area contributed by atoms with Crippen LogP contribution in [0.2, 0.25) is 0 Å². The highest BCUT2D eigenvalue weighted by Crippen LogP contribution is 2.55. The molecule has 0 unspecified atom stereocenters. The van der Waals surface area contributed by atoms with E-state index in [0.717, 1.165) is 19.4 Å². The van der Waals surface area contributed by atoms with Crippen molar-refractivity contribution in [2.45, 2.75) is 36.4 Å². The summed E-state index contributed by atoms with van der Waals surface area (Å²) in [6.45, 7) is 3.47. The number of nitrogens with zero attached hydrogens (tertiary/aromatic N) is 2. The fourth-order valence-electron chi connectivity index (χ4n) is 5.04. The van der Waals surface area contributed by atoms with Crippen LogP contribution in [-0.2, 0) is 14.8 Å². The number of sulfonamides is 1. The zero-order chi connectivity index (χ0) is 18.0. The minimum atomic E-state index is -3.64. The summed E-state index contributed by atoms with van der Waals surface area (Å²) in [5.74, 6) is 0.198. The average molecular weight is 368 g/mol. The third-order valence-electron chi connectivity index (χ3n) is 6.08. The summed E-state index contributed by atoms with van der Waals surface area (Å²) in [4.78, 5) is 2.35. The van der Waals surface area contributed by atoms with Gasteiger partial charge in [-0.25, -0.2) is 12.8 Å². The first-order chi connectivity index (χ1) is 11.7. The van der Waals surface area contributed by atoms with E-state index in [1.54, 1.807) is 11.2 Å². The standard InChI is InChI=1S/C18H25FN2O3S/c1-12-8-13(19)4-5-17(12)25(22,23)21-10-15-14(9-20(2)3)16-6-7-18(15,11-21)24-16/h4-5,8,14-16H,6-7,9-11H2,1-3H3/t14-,15+,16+,18+/m0/s1. The van der Waals surface area contributed by atoms with Gasteiger partial charge in [0, 0.05) is 31.5 Å². The van der Waals surface area contributed by atoms with Crippen LogP contribution in [0, 0.1) is 24.6 Å². The number of hydrogen-bond donors (Lipinski definition) is 0. The predicted molar refractivity (Wildman–Crippen MR) is 92.3 cm³/mol. The lowest BCUT2D eigenvalue weighted by molar-refractivity contribution is 0.00739. The van der Waals surface area contributed by atoms with Crippen molar-refractivity contribution >= 4 is 10.0 Å². The van der Waals surface area contributed by atoms with Crippen molar-refractivity contribution in [2.24, 2.45) is 11.8 Å². The van der Waals surface area contributed by atoms with Gasteiger partial charge in [-0.15, -0.1) is 0 Å². The molecule has 0 N–H and O–H groups in total. The molecule has 0 radical (unpaired) electrons. The summed E-state index contributed by atoms with van der Waals surface area (Å²) in [6, 6.07) is 3.87. The maximum absolute atomic E-state index is 13.4. The first kappa shape index (κ1) is 17.4. The van der Waals surface area contributed by atoms with Crippen LogP contribution in [0.15, 0.2) is 23.1 Å². The molecule has 1 spiro atoms. The van der Waals surface area contributed by atoms with E-state index in [4.69, 9.17) is 4.74 Å². The number of aryl methyl sites for hydroxylation is 1. The summed E-state index contributed by atoms with van der Waals surface area (Å²) in [7, 11) is 0.455. The molecule has 7 heteroatoms. The summed E-state index contributed by atoms with van der Waals surface area (Å²) in [5.41, 5.74) is 0.122. The van der Waals surface area contributed by atoms with Gasteiger partial charge in [-0.05, 0) is 57.6 Å². The number of fused-ring (bicyclic) bond motifs is 1. The van der Waals surface area contributed by atoms with Gasteiger partial charge in [0.25, 0.3) is 0 Å². The largest absolute Gasteiger partial charge is 0.370 e. The molecule has 3 aliphatic heterocycles. The molecule has 3 heterocycles. The van der Waals surface area contributed by atoms with Gasteiger partial charge in [0.15, 0.2) is 0 Å². The van der Waals surface area contributed by atoms with Crippen LogP contribution in [0.3, 0.4) is 0 Å². The van der Waals surface area contributed by atoms with Crippen LogP contribution < -0.4 is 0 Å². The Hall–Kier alpha value is -1.02. The maximum Gasteiger partial charge on any atom is 0.243 e. The third kappa shape index (κ3) is 2.63. The van der Waals surface area contributed by atoms with Crippen LogP contribution in [0.4, 0.5) is 4.39 Å². The van der Waals surface area contributed by atoms with Crippen molar-refractivity contribution in [3.8, 4) is 0 Å². The first-order valence-corrected chi connectivity index (χ1v) is 10.3. The molecule has 1 aromatic carbocycles. The lowest BCUT2D eigenvalue weighted by Crippen LogP contribution is -2.40. The molecule has 0 aromatic heterocycles. The van der Waals surface area contributed by atoms with Crippen LogP contribution in [0.5, 0.6) is 0 Å². The quantitative estimate of drug-likeness (QED) is 0.814. The fraction of sp³-hybridized carbons (Fsp3) is 0.667. The smallest absolute Gasteiger partial charge is 0.243 e. The summed E-state index contributed by atoms with van der Waals surface area (Å²) in [5, 5.41) is 0. The van der Waals surface area contributed by atoms with E-state index in [9.17, 15) is 12.8 Å². The van der Waals surface area contributed by atoms with Crippen molar-refractivity contribution in [1.29, 1.82) is 0 Å². The molecule has 2 bridgehead atoms. The van der Waals surface area contributed by atoms with E-state index >= 15 is 0 Å². The van der Waals surface area contributed by atoms with Gasteiger partial charge in [0.1, 0.15) is 5.82 Å². The number of benzene rings is 1. The monoisotopic (exact) mass is 368 g/mol. The molecule has 5 nitrogen and oxygen atoms in total. The summed E-state index contributed by atoms with van der Waals surface area (Å²) < 4.78 is 47.5. The maximum atomic E-state index is 13.4. The topological polar surface area (TPSA) is 49.9 Å². The normalized spacial score (nSPS) is 34.8. The van der Waals surface area contributed by atoms with Crippen molar-refractivity contribution < 1.29 is 17.5 Å². The highest BCUT2D eigenvalue weighted by Gasteiger charge is 2.64. The van der Waals surface area contributed by atoms with E-state index in [1.165, 1.54) is 18.2 Å². The molecular weight excluding hydrogens is 343 g/mol. The van der Waals surface area contributed by atoms with E-state index in [-0.39, 0.29) is 22.5 Å². The molecule has 3 saturated heterocycles. The van der Waals surface area contributed by atoms with Gasteiger partial charge in [-0.2, -0.15) is 4.31 Å². The second kappa shape index (κ2) is 5.74. The molecule has 0 saturated carbocycles. The Kier molecular flexibility index (Phi) is 3.99. The third-order valence-corrected chi connectivity index (χ3v) is 8.06. The molecule has 4 rings (SSSR count). The minimum Gasteiger partial charge on any atom is -0.370 e. The molecule has 25 heavy (non-hydrogen) atoms. The van der Waals surface area contributed by atoms with E-state index in [0.29, 0.717) is 24.6 Å². The molecule has 1 aromatic rings. The molecular formula is C18H25FN2O3S. The fourth-order valence-corrected chi connectivity index (χ4v) is 6.77. The lowest BCUT2D eigenvalue weighted by Gasteiger charge is -2.31. The highest BCUT2D eigenvalue weighted by molar-refractivity contribution is 7.89. The summed E-state index contributed by atoms with van der Waals surface area (Å²) >= 11 is 0. The Morgan fingerprint density at radius 3 is 2.84 bits per heavy atom. The predicted octanol–water partition coefficient (Wildman–Crippen LogP) is 1.86. The Morgan fingerprint density at radius 1 is 1.40 bits per heavy atom. The zero-order valence-corrected chi connectivity index (χ0v) is 15.7. The second-order valence-electron chi connectivity index (χ2n) is 8.00. The molecule has 0 amide bonds. The van der Waals surface area contributed by atoms with E-state index in [1.807, 2.05) is 14.1 Å². The lowest BCUT2D eigenvalue weighted by atomic mass is 9.73. The minimum absolute atomic E-state index is 0.198. The zero-order valence-electron chi connectivity index (χ0n) is 14.9. The van der Waals surface area contributed by atoms with Crippen LogP contribution in [0.25, 0.3) is 0 Å². The number of ether oxygens (including phenoxy) is 1. The second-order valence-corrected chi connectivity index (χ2v) is 9.91. The Morgan fingerprint density at radius 2 is 2.16 bits per heavy atom. The average Bonchev–Trinajstić information content (AvgIpc) is 3.16. The van der Waals surface area contributed by atoms with Crippen molar-refractivity contribution in [2.75, 3.05) is 33.7 Å². The Bertz CT molecular complexity index is 798. The van der Waals surface area contributed by atoms with Crippen LogP contribution >= 0.6 is 0 Å². The Balaban J connectivity index is 1.63. The number of halogens is 1. The van der Waals surface area contributed by atoms with Crippen molar-refractivity contribution in [3.05, 3.63) is 29.6 Å². The molecule has 0 aliphatic carbocycles. The van der Waals surface area contributed by atoms with Gasteiger partial charge in [0.2, 0.25) is 10.0 Å². The van der Waals surface area contributed by atoms with Gasteiger partial charge < -0.3 is 9.64 Å². The van der Waals surface area contributed by atoms with Gasteiger partial charge in [-0.1, -0.05) is 0 Å². The highest BCUT2D eigenvalue weighted by atomic mass is 32.2. The van der Waals surface area contributed by atoms with Crippen molar-refractivity contribution in [3.63, 3.8) is 0 Å². The first-order valence-electron chi connectivity index (χ1n) is 8.82. The van der Waals surface area contributed by atoms with Gasteiger partial charge >= 0.3 is 0 Å². The van der Waals surface area contributed by atoms with Crippen molar-refractivity contribution in [1.82, 2.24) is 9.21 Å². The molecule has 3 aliphatic rings.